The summed E-state index contributed by atoms with van der Waals surface area (Å²) in [6.07, 6.45) is 0. The largest absolute Gasteiger partial charge is 0.419 e. The second kappa shape index (κ2) is 5.40. The Labute approximate surface area is 111 Å². The molecule has 0 spiro atoms. The number of aryl methyl sites for hydroxylation is 1. The maximum atomic E-state index is 5.88. The summed E-state index contributed by atoms with van der Waals surface area (Å²) in [6.45, 7) is 6.09. The normalized spacial score (nSPS) is 10.9. The molecule has 5 heteroatoms. The van der Waals surface area contributed by atoms with E-state index in [1.807, 2.05) is 25.1 Å². The minimum Gasteiger partial charge on any atom is -0.419 e. The average molecular weight is 266 g/mol. The van der Waals surface area contributed by atoms with Crippen molar-refractivity contribution in [2.45, 2.75) is 32.6 Å². The summed E-state index contributed by atoms with van der Waals surface area (Å²) < 4.78 is 5.62. The predicted octanol–water partition coefficient (Wildman–Crippen LogP) is 3.77. The average Bonchev–Trinajstić information content (AvgIpc) is 2.74. The minimum atomic E-state index is 0.330. The van der Waals surface area contributed by atoms with E-state index in [0.29, 0.717) is 23.6 Å². The lowest BCUT2D eigenvalue weighted by molar-refractivity contribution is 0.440. The van der Waals surface area contributed by atoms with E-state index in [9.17, 15) is 0 Å². The topological polar surface area (TPSA) is 50.8 Å². The van der Waals surface area contributed by atoms with Crippen LogP contribution in [0.5, 0.6) is 11.8 Å². The molecule has 1 N–H and O–H groups in total. The molecule has 0 atom stereocenters. The van der Waals surface area contributed by atoms with Crippen LogP contribution in [0.4, 0.5) is 0 Å². The molecule has 2 aromatic heterocycles. The Hall–Kier alpha value is -1.55. The van der Waals surface area contributed by atoms with Gasteiger partial charge in [0.05, 0.1) is 0 Å². The first-order chi connectivity index (χ1) is 8.58. The molecule has 0 bridgehead atoms. The zero-order valence-corrected chi connectivity index (χ0v) is 11.5. The van der Waals surface area contributed by atoms with Gasteiger partial charge < -0.3 is 4.74 Å². The van der Waals surface area contributed by atoms with Crippen molar-refractivity contribution in [2.75, 3.05) is 0 Å². The fraction of sp³-hybridized carbons (Fsp3) is 0.385. The van der Waals surface area contributed by atoms with Gasteiger partial charge in [-0.2, -0.15) is 0 Å². The molecule has 4 nitrogen and oxygen atoms in total. The van der Waals surface area contributed by atoms with Crippen LogP contribution < -0.4 is 4.74 Å². The summed E-state index contributed by atoms with van der Waals surface area (Å²) in [6, 6.07) is 5.66. The van der Waals surface area contributed by atoms with Crippen LogP contribution in [-0.2, 0) is 5.88 Å². The second-order valence-corrected chi connectivity index (χ2v) is 4.79. The Bertz CT molecular complexity index is 537. The van der Waals surface area contributed by atoms with E-state index < -0.39 is 0 Å². The van der Waals surface area contributed by atoms with Crippen LogP contribution in [0, 0.1) is 6.92 Å². The number of nitrogens with one attached hydrogen (secondary N) is 1. The van der Waals surface area contributed by atoms with E-state index in [-0.39, 0.29) is 0 Å². The standard InChI is InChI=1S/C13H16ClN3O/c1-8(2)11-5-10(7-14)6-12(15-11)18-13-4-9(3)16-17-13/h4-6,8H,7H2,1-3H3,(H,16,17). The number of aromatic nitrogens is 3. The molecule has 0 aliphatic rings. The van der Waals surface area contributed by atoms with Crippen molar-refractivity contribution in [1.82, 2.24) is 15.2 Å². The Morgan fingerprint density at radius 1 is 1.28 bits per heavy atom. The van der Waals surface area contributed by atoms with Crippen LogP contribution in [-0.4, -0.2) is 15.2 Å². The maximum absolute atomic E-state index is 5.88. The Balaban J connectivity index is 2.29. The number of hydrogen-bond acceptors (Lipinski definition) is 3. The fourth-order valence-electron chi connectivity index (χ4n) is 1.56. The molecule has 96 valence electrons. The molecular weight excluding hydrogens is 250 g/mol. The molecule has 2 rings (SSSR count). The number of rotatable bonds is 4. The Morgan fingerprint density at radius 3 is 2.61 bits per heavy atom. The first-order valence-corrected chi connectivity index (χ1v) is 6.38. The highest BCUT2D eigenvalue weighted by Crippen LogP contribution is 2.23. The van der Waals surface area contributed by atoms with Crippen molar-refractivity contribution >= 4 is 11.6 Å². The van der Waals surface area contributed by atoms with Crippen LogP contribution >= 0.6 is 11.6 Å². The molecule has 0 radical (unpaired) electrons. The minimum absolute atomic E-state index is 0.330. The molecule has 0 fully saturated rings. The van der Waals surface area contributed by atoms with Crippen molar-refractivity contribution in [3.63, 3.8) is 0 Å². The summed E-state index contributed by atoms with van der Waals surface area (Å²) >= 11 is 5.88. The molecule has 18 heavy (non-hydrogen) atoms. The molecule has 0 saturated carbocycles. The highest BCUT2D eigenvalue weighted by atomic mass is 35.5. The molecule has 0 saturated heterocycles. The first-order valence-electron chi connectivity index (χ1n) is 5.85. The van der Waals surface area contributed by atoms with Crippen molar-refractivity contribution in [3.8, 4) is 11.8 Å². The number of hydrogen-bond donors (Lipinski definition) is 1. The predicted molar refractivity (Wildman–Crippen MR) is 71.3 cm³/mol. The zero-order chi connectivity index (χ0) is 13.1. The molecule has 0 amide bonds. The third-order valence-corrected chi connectivity index (χ3v) is 2.83. The van der Waals surface area contributed by atoms with Crippen molar-refractivity contribution in [2.24, 2.45) is 0 Å². The van der Waals surface area contributed by atoms with E-state index in [4.69, 9.17) is 16.3 Å². The molecular formula is C13H16ClN3O. The van der Waals surface area contributed by atoms with Gasteiger partial charge in [0.1, 0.15) is 0 Å². The number of aromatic amines is 1. The smallest absolute Gasteiger partial charge is 0.240 e. The van der Waals surface area contributed by atoms with Gasteiger partial charge in [0, 0.05) is 29.4 Å². The SMILES string of the molecule is Cc1cc(Oc2cc(CCl)cc(C(C)C)n2)n[nH]1. The molecule has 0 aliphatic carbocycles. The van der Waals surface area contributed by atoms with E-state index >= 15 is 0 Å². The summed E-state index contributed by atoms with van der Waals surface area (Å²) in [5.74, 6) is 1.82. The first kappa shape index (κ1) is 12.9. The fourth-order valence-corrected chi connectivity index (χ4v) is 1.71. The van der Waals surface area contributed by atoms with Crippen molar-refractivity contribution in [1.29, 1.82) is 0 Å². The van der Waals surface area contributed by atoms with Crippen LogP contribution in [0.2, 0.25) is 0 Å². The molecule has 2 heterocycles. The third-order valence-electron chi connectivity index (χ3n) is 2.52. The van der Waals surface area contributed by atoms with Gasteiger partial charge in [0.15, 0.2) is 0 Å². The van der Waals surface area contributed by atoms with Gasteiger partial charge >= 0.3 is 0 Å². The van der Waals surface area contributed by atoms with E-state index in [1.54, 1.807) is 0 Å². The Kier molecular flexibility index (Phi) is 3.87. The lowest BCUT2D eigenvalue weighted by Crippen LogP contribution is -1.98. The highest BCUT2D eigenvalue weighted by molar-refractivity contribution is 6.17. The number of ether oxygens (including phenoxy) is 1. The van der Waals surface area contributed by atoms with Crippen molar-refractivity contribution in [3.05, 3.63) is 35.2 Å². The van der Waals surface area contributed by atoms with Crippen LogP contribution in [0.15, 0.2) is 18.2 Å². The number of H-pyrrole nitrogens is 1. The second-order valence-electron chi connectivity index (χ2n) is 4.52. The Morgan fingerprint density at radius 2 is 2.06 bits per heavy atom. The van der Waals surface area contributed by atoms with Gasteiger partial charge in [-0.15, -0.1) is 16.7 Å². The van der Waals surface area contributed by atoms with E-state index in [1.165, 1.54) is 0 Å². The van der Waals surface area contributed by atoms with E-state index in [2.05, 4.69) is 29.0 Å². The van der Waals surface area contributed by atoms with Crippen molar-refractivity contribution < 1.29 is 4.74 Å². The van der Waals surface area contributed by atoms with Gasteiger partial charge in [-0.05, 0) is 24.5 Å². The zero-order valence-electron chi connectivity index (χ0n) is 10.7. The lowest BCUT2D eigenvalue weighted by atomic mass is 10.1. The number of halogens is 1. The van der Waals surface area contributed by atoms with Gasteiger partial charge in [0.2, 0.25) is 11.8 Å². The monoisotopic (exact) mass is 265 g/mol. The molecule has 0 unspecified atom stereocenters. The number of alkyl halides is 1. The summed E-state index contributed by atoms with van der Waals surface area (Å²) in [5.41, 5.74) is 2.91. The van der Waals surface area contributed by atoms with Gasteiger partial charge in [-0.3, -0.25) is 5.10 Å². The maximum Gasteiger partial charge on any atom is 0.240 e. The number of nitrogens with zero attached hydrogens (tertiary/aromatic N) is 2. The number of pyridine rings is 1. The summed E-state index contributed by atoms with van der Waals surface area (Å²) in [4.78, 5) is 4.45. The van der Waals surface area contributed by atoms with Crippen LogP contribution in [0.3, 0.4) is 0 Å². The quantitative estimate of drug-likeness (QED) is 0.856. The van der Waals surface area contributed by atoms with E-state index in [0.717, 1.165) is 17.0 Å². The van der Waals surface area contributed by atoms with Gasteiger partial charge in [-0.25, -0.2) is 4.98 Å². The lowest BCUT2D eigenvalue weighted by Gasteiger charge is -2.09. The van der Waals surface area contributed by atoms with Gasteiger partial charge in [-0.1, -0.05) is 13.8 Å². The van der Waals surface area contributed by atoms with Gasteiger partial charge in [0.25, 0.3) is 0 Å². The highest BCUT2D eigenvalue weighted by Gasteiger charge is 2.08. The summed E-state index contributed by atoms with van der Waals surface area (Å²) in [5, 5.41) is 6.85. The third kappa shape index (κ3) is 3.01. The molecule has 0 aliphatic heterocycles. The molecule has 2 aromatic rings. The summed E-state index contributed by atoms with van der Waals surface area (Å²) in [7, 11) is 0. The molecule has 0 aromatic carbocycles. The van der Waals surface area contributed by atoms with Crippen LogP contribution in [0.1, 0.15) is 36.7 Å². The van der Waals surface area contributed by atoms with Crippen LogP contribution in [0.25, 0.3) is 0 Å².